The van der Waals surface area contributed by atoms with Gasteiger partial charge in [-0.1, -0.05) is 42.5 Å². The molecular weight excluding hydrogens is 360 g/mol. The lowest BCUT2D eigenvalue weighted by Gasteiger charge is -2.09. The molecule has 3 rings (SSSR count). The SMILES string of the molecule is CCOC(=O)c1sc2nc(C)c(C(C)=O)c(/C=C/c3ccccc3)c2c1N. The van der Waals surface area contributed by atoms with Crippen molar-refractivity contribution in [3.63, 3.8) is 0 Å². The fraction of sp³-hybridized carbons (Fsp3) is 0.190. The van der Waals surface area contributed by atoms with Gasteiger partial charge in [-0.15, -0.1) is 11.3 Å². The first-order chi connectivity index (χ1) is 12.9. The molecule has 0 bridgehead atoms. The Balaban J connectivity index is 2.27. The molecule has 2 heterocycles. The molecule has 0 atom stereocenters. The first kappa shape index (κ1) is 18.8. The minimum absolute atomic E-state index is 0.0992. The standard InChI is InChI=1S/C21H20N2O3S/c1-4-26-21(25)19-18(22)17-15(11-10-14-8-6-5-7-9-14)16(13(3)24)12(2)23-20(17)27-19/h5-11H,4,22H2,1-3H3/b11-10+. The van der Waals surface area contributed by atoms with Crippen molar-refractivity contribution in [2.45, 2.75) is 20.8 Å². The molecule has 1 aromatic carbocycles. The van der Waals surface area contributed by atoms with Crippen molar-refractivity contribution in [1.82, 2.24) is 4.98 Å². The largest absolute Gasteiger partial charge is 0.462 e. The lowest BCUT2D eigenvalue weighted by Crippen LogP contribution is -2.06. The summed E-state index contributed by atoms with van der Waals surface area (Å²) in [7, 11) is 0. The fourth-order valence-corrected chi connectivity index (χ4v) is 4.05. The third-order valence-electron chi connectivity index (χ3n) is 4.15. The van der Waals surface area contributed by atoms with E-state index in [2.05, 4.69) is 4.98 Å². The van der Waals surface area contributed by atoms with Gasteiger partial charge < -0.3 is 10.5 Å². The molecule has 0 saturated heterocycles. The second-order valence-electron chi connectivity index (χ2n) is 6.03. The van der Waals surface area contributed by atoms with Gasteiger partial charge in [-0.05, 0) is 31.9 Å². The Labute approximate surface area is 161 Å². The number of esters is 1. The Morgan fingerprint density at radius 3 is 2.56 bits per heavy atom. The second-order valence-corrected chi connectivity index (χ2v) is 7.03. The van der Waals surface area contributed by atoms with Crippen LogP contribution in [0, 0.1) is 6.92 Å². The van der Waals surface area contributed by atoms with Crippen LogP contribution in [0.5, 0.6) is 0 Å². The van der Waals surface area contributed by atoms with E-state index in [1.165, 1.54) is 18.3 Å². The van der Waals surface area contributed by atoms with Crippen LogP contribution in [0.1, 0.15) is 50.7 Å². The molecule has 2 aromatic heterocycles. The van der Waals surface area contributed by atoms with Crippen molar-refractivity contribution in [2.24, 2.45) is 0 Å². The molecular formula is C21H20N2O3S. The normalized spacial score (nSPS) is 11.2. The molecule has 0 aliphatic rings. The highest BCUT2D eigenvalue weighted by atomic mass is 32.1. The van der Waals surface area contributed by atoms with Crippen LogP contribution in [0.25, 0.3) is 22.4 Å². The third kappa shape index (κ3) is 3.61. The van der Waals surface area contributed by atoms with E-state index in [0.717, 1.165) is 5.56 Å². The summed E-state index contributed by atoms with van der Waals surface area (Å²) in [5.41, 5.74) is 9.38. The number of ether oxygens (including phenoxy) is 1. The summed E-state index contributed by atoms with van der Waals surface area (Å²) in [6, 6.07) is 9.76. The Hall–Kier alpha value is -2.99. The maximum atomic E-state index is 12.3. The number of anilines is 1. The predicted octanol–water partition coefficient (Wildman–Crippen LogP) is 4.74. The van der Waals surface area contributed by atoms with Crippen LogP contribution in [0.4, 0.5) is 5.69 Å². The lowest BCUT2D eigenvalue weighted by molar-refractivity contribution is 0.0533. The van der Waals surface area contributed by atoms with Crippen LogP contribution in [-0.2, 0) is 4.74 Å². The molecule has 0 saturated carbocycles. The highest BCUT2D eigenvalue weighted by Crippen LogP contribution is 2.38. The number of aryl methyl sites for hydroxylation is 1. The van der Waals surface area contributed by atoms with Gasteiger partial charge in [0.25, 0.3) is 0 Å². The predicted molar refractivity (Wildman–Crippen MR) is 110 cm³/mol. The Kier molecular flexibility index (Phi) is 5.37. The van der Waals surface area contributed by atoms with Crippen molar-refractivity contribution in [1.29, 1.82) is 0 Å². The molecule has 138 valence electrons. The number of Topliss-reactive ketones (excluding diaryl/α,β-unsaturated/α-hetero) is 1. The van der Waals surface area contributed by atoms with Gasteiger partial charge in [0.2, 0.25) is 0 Å². The Morgan fingerprint density at radius 1 is 1.22 bits per heavy atom. The molecule has 0 amide bonds. The molecule has 0 aliphatic carbocycles. The van der Waals surface area contributed by atoms with Crippen LogP contribution < -0.4 is 5.73 Å². The highest BCUT2D eigenvalue weighted by Gasteiger charge is 2.23. The van der Waals surface area contributed by atoms with Gasteiger partial charge in [0.1, 0.15) is 9.71 Å². The average Bonchev–Trinajstić information content (AvgIpc) is 2.96. The number of hydrogen-bond donors (Lipinski definition) is 1. The van der Waals surface area contributed by atoms with E-state index in [-0.39, 0.29) is 12.4 Å². The number of rotatable bonds is 5. The first-order valence-electron chi connectivity index (χ1n) is 8.57. The van der Waals surface area contributed by atoms with E-state index >= 15 is 0 Å². The van der Waals surface area contributed by atoms with Crippen LogP contribution in [0.2, 0.25) is 0 Å². The van der Waals surface area contributed by atoms with Crippen molar-refractivity contribution in [3.8, 4) is 0 Å². The van der Waals surface area contributed by atoms with Gasteiger partial charge in [-0.3, -0.25) is 4.79 Å². The quantitative estimate of drug-likeness (QED) is 0.511. The van der Waals surface area contributed by atoms with E-state index < -0.39 is 5.97 Å². The topological polar surface area (TPSA) is 82.3 Å². The molecule has 6 heteroatoms. The van der Waals surface area contributed by atoms with Crippen molar-refractivity contribution >= 4 is 51.1 Å². The first-order valence-corrected chi connectivity index (χ1v) is 9.39. The van der Waals surface area contributed by atoms with Gasteiger partial charge in [0, 0.05) is 10.9 Å². The monoisotopic (exact) mass is 380 g/mol. The van der Waals surface area contributed by atoms with Crippen molar-refractivity contribution in [2.75, 3.05) is 12.3 Å². The minimum atomic E-state index is -0.474. The van der Waals surface area contributed by atoms with Crippen LogP contribution >= 0.6 is 11.3 Å². The summed E-state index contributed by atoms with van der Waals surface area (Å²) in [5.74, 6) is -0.573. The molecule has 0 spiro atoms. The number of benzene rings is 1. The zero-order valence-electron chi connectivity index (χ0n) is 15.4. The number of hydrogen-bond acceptors (Lipinski definition) is 6. The van der Waals surface area contributed by atoms with Gasteiger partial charge in [0.05, 0.1) is 18.0 Å². The van der Waals surface area contributed by atoms with Crippen molar-refractivity contribution < 1.29 is 14.3 Å². The molecule has 3 aromatic rings. The van der Waals surface area contributed by atoms with Gasteiger partial charge in [-0.2, -0.15) is 0 Å². The number of carbonyl (C=O) groups is 2. The highest BCUT2D eigenvalue weighted by molar-refractivity contribution is 7.21. The smallest absolute Gasteiger partial charge is 0.350 e. The molecule has 0 radical (unpaired) electrons. The van der Waals surface area contributed by atoms with E-state index in [9.17, 15) is 9.59 Å². The summed E-state index contributed by atoms with van der Waals surface area (Å²) in [4.78, 5) is 30.0. The number of fused-ring (bicyclic) bond motifs is 1. The Bertz CT molecular complexity index is 1050. The third-order valence-corrected chi connectivity index (χ3v) is 5.23. The number of nitrogen functional groups attached to an aromatic ring is 1. The summed E-state index contributed by atoms with van der Waals surface area (Å²) in [6.45, 7) is 5.30. The summed E-state index contributed by atoms with van der Waals surface area (Å²) in [6.07, 6.45) is 3.78. The molecule has 2 N–H and O–H groups in total. The lowest BCUT2D eigenvalue weighted by atomic mass is 9.98. The molecule has 0 unspecified atom stereocenters. The van der Waals surface area contributed by atoms with Gasteiger partial charge >= 0.3 is 5.97 Å². The average molecular weight is 380 g/mol. The summed E-state index contributed by atoms with van der Waals surface area (Å²) < 4.78 is 5.09. The number of pyridine rings is 1. The zero-order valence-corrected chi connectivity index (χ0v) is 16.2. The van der Waals surface area contributed by atoms with E-state index in [1.807, 2.05) is 42.5 Å². The Morgan fingerprint density at radius 2 is 1.93 bits per heavy atom. The number of nitrogens with two attached hydrogens (primary N) is 1. The molecule has 5 nitrogen and oxygen atoms in total. The minimum Gasteiger partial charge on any atom is -0.462 e. The maximum absolute atomic E-state index is 12.3. The maximum Gasteiger partial charge on any atom is 0.350 e. The van der Waals surface area contributed by atoms with E-state index in [0.29, 0.717) is 37.6 Å². The molecule has 0 fully saturated rings. The van der Waals surface area contributed by atoms with Crippen LogP contribution in [0.3, 0.4) is 0 Å². The van der Waals surface area contributed by atoms with Crippen LogP contribution in [0.15, 0.2) is 30.3 Å². The molecule has 0 aliphatic heterocycles. The summed E-state index contributed by atoms with van der Waals surface area (Å²) >= 11 is 1.19. The van der Waals surface area contributed by atoms with Crippen molar-refractivity contribution in [3.05, 3.63) is 57.6 Å². The fourth-order valence-electron chi connectivity index (χ4n) is 3.00. The second kappa shape index (κ2) is 7.72. The summed E-state index contributed by atoms with van der Waals surface area (Å²) in [5, 5.41) is 0.617. The number of carbonyl (C=O) groups excluding carboxylic acids is 2. The van der Waals surface area contributed by atoms with Gasteiger partial charge in [0.15, 0.2) is 5.78 Å². The van der Waals surface area contributed by atoms with E-state index in [4.69, 9.17) is 10.5 Å². The van der Waals surface area contributed by atoms with E-state index in [1.54, 1.807) is 13.8 Å². The number of nitrogens with zero attached hydrogens (tertiary/aromatic N) is 1. The zero-order chi connectivity index (χ0) is 19.6. The number of thiophene rings is 1. The van der Waals surface area contributed by atoms with Gasteiger partial charge in [-0.25, -0.2) is 9.78 Å². The number of ketones is 1. The van der Waals surface area contributed by atoms with Crippen LogP contribution in [-0.4, -0.2) is 23.3 Å². The number of aromatic nitrogens is 1. The molecule has 27 heavy (non-hydrogen) atoms.